The number of aryl methyl sites for hydroxylation is 1. The highest BCUT2D eigenvalue weighted by Gasteiger charge is 2.22. The Balaban J connectivity index is 2.38. The van der Waals surface area contributed by atoms with Crippen LogP contribution in [0.2, 0.25) is 0 Å². The molecule has 1 atom stereocenters. The monoisotopic (exact) mass is 278 g/mol. The van der Waals surface area contributed by atoms with Crippen LogP contribution in [0.5, 0.6) is 0 Å². The molecule has 2 aromatic rings. The summed E-state index contributed by atoms with van der Waals surface area (Å²) in [5.41, 5.74) is 4.30. The third-order valence-electron chi connectivity index (χ3n) is 3.54. The quantitative estimate of drug-likeness (QED) is 0.784. The topological polar surface area (TPSA) is 17.0 Å². The third kappa shape index (κ3) is 1.35. The molecule has 0 radical (unpaired) electrons. The Morgan fingerprint density at radius 3 is 3.06 bits per heavy atom. The number of hydrogen-bond acceptors (Lipinski definition) is 1. The van der Waals surface area contributed by atoms with E-state index >= 15 is 0 Å². The van der Waals surface area contributed by atoms with E-state index in [4.69, 9.17) is 0 Å². The summed E-state index contributed by atoms with van der Waals surface area (Å²) >= 11 is 3.55. The first-order valence-electron chi connectivity index (χ1n) is 5.66. The second-order valence-electron chi connectivity index (χ2n) is 4.62. The van der Waals surface area contributed by atoms with Crippen LogP contribution in [0.15, 0.2) is 22.7 Å². The summed E-state index contributed by atoms with van der Waals surface area (Å²) in [5, 5.41) is 4.87. The van der Waals surface area contributed by atoms with Crippen molar-refractivity contribution in [2.24, 2.45) is 7.05 Å². The molecular weight excluding hydrogens is 264 g/mol. The molecule has 2 nitrogen and oxygen atoms in total. The number of aromatic nitrogens is 1. The van der Waals surface area contributed by atoms with Crippen LogP contribution in [0.25, 0.3) is 10.9 Å². The van der Waals surface area contributed by atoms with Gasteiger partial charge in [0.2, 0.25) is 0 Å². The van der Waals surface area contributed by atoms with E-state index in [2.05, 4.69) is 58.0 Å². The van der Waals surface area contributed by atoms with Crippen molar-refractivity contribution in [1.29, 1.82) is 0 Å². The van der Waals surface area contributed by atoms with Gasteiger partial charge in [-0.15, -0.1) is 0 Å². The Kier molecular flexibility index (Phi) is 2.33. The molecule has 3 heteroatoms. The molecule has 84 valence electrons. The molecule has 2 heterocycles. The summed E-state index contributed by atoms with van der Waals surface area (Å²) in [4.78, 5) is 0. The van der Waals surface area contributed by atoms with E-state index in [1.54, 1.807) is 0 Å². The highest BCUT2D eigenvalue weighted by Crippen LogP contribution is 2.33. The Hall–Kier alpha value is -0.800. The molecule has 0 fully saturated rings. The molecule has 0 amide bonds. The minimum absolute atomic E-state index is 0.597. The first-order chi connectivity index (χ1) is 7.68. The lowest BCUT2D eigenvalue weighted by molar-refractivity contribution is 0.548. The maximum Gasteiger partial charge on any atom is 0.0494 e. The molecule has 0 saturated heterocycles. The molecule has 0 spiro atoms. The van der Waals surface area contributed by atoms with Crippen molar-refractivity contribution in [3.05, 3.63) is 33.9 Å². The van der Waals surface area contributed by atoms with Crippen molar-refractivity contribution < 1.29 is 0 Å². The van der Waals surface area contributed by atoms with Gasteiger partial charge in [0.05, 0.1) is 0 Å². The third-order valence-corrected chi connectivity index (χ3v) is 4.03. The smallest absolute Gasteiger partial charge is 0.0494 e. The molecule has 1 aliphatic rings. The molecule has 1 aromatic carbocycles. The minimum atomic E-state index is 0.597. The maximum atomic E-state index is 3.55. The highest BCUT2D eigenvalue weighted by atomic mass is 79.9. The summed E-state index contributed by atoms with van der Waals surface area (Å²) < 4.78 is 3.50. The number of fused-ring (bicyclic) bond motifs is 3. The van der Waals surface area contributed by atoms with E-state index in [1.165, 1.54) is 22.2 Å². The highest BCUT2D eigenvalue weighted by molar-refractivity contribution is 9.10. The van der Waals surface area contributed by atoms with Gasteiger partial charge in [0.15, 0.2) is 0 Å². The van der Waals surface area contributed by atoms with Gasteiger partial charge in [0.25, 0.3) is 0 Å². The van der Waals surface area contributed by atoms with Crippen molar-refractivity contribution >= 4 is 26.8 Å². The molecule has 0 saturated carbocycles. The number of halogens is 1. The van der Waals surface area contributed by atoms with Crippen molar-refractivity contribution in [2.75, 3.05) is 6.54 Å². The van der Waals surface area contributed by atoms with Gasteiger partial charge in [-0.3, -0.25) is 0 Å². The summed E-state index contributed by atoms with van der Waals surface area (Å²) in [5.74, 6) is 0.597. The fourth-order valence-electron chi connectivity index (χ4n) is 2.83. The van der Waals surface area contributed by atoms with E-state index < -0.39 is 0 Å². The first kappa shape index (κ1) is 10.4. The van der Waals surface area contributed by atoms with Gasteiger partial charge in [0, 0.05) is 47.1 Å². The first-order valence-corrected chi connectivity index (χ1v) is 6.45. The Labute approximate surface area is 104 Å². The maximum absolute atomic E-state index is 3.55. The molecule has 1 aliphatic heterocycles. The molecule has 1 N–H and O–H groups in total. The average molecular weight is 279 g/mol. The van der Waals surface area contributed by atoms with Crippen LogP contribution in [0.1, 0.15) is 24.1 Å². The zero-order valence-corrected chi connectivity index (χ0v) is 11.1. The van der Waals surface area contributed by atoms with Crippen LogP contribution in [-0.4, -0.2) is 11.1 Å². The molecule has 16 heavy (non-hydrogen) atoms. The van der Waals surface area contributed by atoms with Gasteiger partial charge in [-0.05, 0) is 17.7 Å². The standard InChI is InChI=1S/C13H15BrN2/c1-8-6-15-7-11-10-4-3-9(14)5-12(10)16(2)13(8)11/h3-5,8,15H,6-7H2,1-2H3. The lowest BCUT2D eigenvalue weighted by Gasteiger charge is -2.21. The van der Waals surface area contributed by atoms with Gasteiger partial charge in [-0.25, -0.2) is 0 Å². The zero-order valence-electron chi connectivity index (χ0n) is 9.55. The van der Waals surface area contributed by atoms with E-state index in [0.717, 1.165) is 17.6 Å². The Bertz CT molecular complexity index is 557. The number of rotatable bonds is 0. The lowest BCUT2D eigenvalue weighted by atomic mass is 9.98. The molecule has 0 aliphatic carbocycles. The molecule has 0 bridgehead atoms. The normalized spacial score (nSPS) is 20.1. The SMILES string of the molecule is CC1CNCc2c1n(C)c1cc(Br)ccc21. The average Bonchev–Trinajstić information content (AvgIpc) is 2.54. The van der Waals surface area contributed by atoms with Crippen LogP contribution in [0.4, 0.5) is 0 Å². The number of hydrogen-bond donors (Lipinski definition) is 1. The predicted molar refractivity (Wildman–Crippen MR) is 70.7 cm³/mol. The summed E-state index contributed by atoms with van der Waals surface area (Å²) in [6.45, 7) is 4.37. The fraction of sp³-hybridized carbons (Fsp3) is 0.385. The van der Waals surface area contributed by atoms with Crippen molar-refractivity contribution in [3.8, 4) is 0 Å². The van der Waals surface area contributed by atoms with E-state index in [9.17, 15) is 0 Å². The van der Waals surface area contributed by atoms with E-state index in [-0.39, 0.29) is 0 Å². The van der Waals surface area contributed by atoms with Crippen molar-refractivity contribution in [1.82, 2.24) is 9.88 Å². The fourth-order valence-corrected chi connectivity index (χ4v) is 3.18. The molecule has 1 unspecified atom stereocenters. The van der Waals surface area contributed by atoms with Gasteiger partial charge in [0.1, 0.15) is 0 Å². The van der Waals surface area contributed by atoms with Gasteiger partial charge < -0.3 is 9.88 Å². The van der Waals surface area contributed by atoms with Crippen molar-refractivity contribution in [3.63, 3.8) is 0 Å². The van der Waals surface area contributed by atoms with E-state index in [0.29, 0.717) is 5.92 Å². The number of benzene rings is 1. The second-order valence-corrected chi connectivity index (χ2v) is 5.53. The van der Waals surface area contributed by atoms with Gasteiger partial charge >= 0.3 is 0 Å². The number of nitrogens with zero attached hydrogens (tertiary/aromatic N) is 1. The Morgan fingerprint density at radius 1 is 1.44 bits per heavy atom. The van der Waals surface area contributed by atoms with Crippen molar-refractivity contribution in [2.45, 2.75) is 19.4 Å². The second kappa shape index (κ2) is 3.60. The van der Waals surface area contributed by atoms with Crippen LogP contribution in [-0.2, 0) is 13.6 Å². The molecular formula is C13H15BrN2. The van der Waals surface area contributed by atoms with Gasteiger partial charge in [-0.1, -0.05) is 28.9 Å². The Morgan fingerprint density at radius 2 is 2.25 bits per heavy atom. The molecule has 3 rings (SSSR count). The zero-order chi connectivity index (χ0) is 11.3. The van der Waals surface area contributed by atoms with E-state index in [1.807, 2.05) is 0 Å². The summed E-state index contributed by atoms with van der Waals surface area (Å²) in [7, 11) is 2.18. The predicted octanol–water partition coefficient (Wildman–Crippen LogP) is 3.15. The van der Waals surface area contributed by atoms with Crippen LogP contribution in [0.3, 0.4) is 0 Å². The van der Waals surface area contributed by atoms with Crippen LogP contribution in [0, 0.1) is 0 Å². The minimum Gasteiger partial charge on any atom is -0.347 e. The number of nitrogens with one attached hydrogen (secondary N) is 1. The summed E-state index contributed by atoms with van der Waals surface area (Å²) in [6, 6.07) is 6.56. The lowest BCUT2D eigenvalue weighted by Crippen LogP contribution is -2.27. The largest absolute Gasteiger partial charge is 0.347 e. The van der Waals surface area contributed by atoms with Gasteiger partial charge in [-0.2, -0.15) is 0 Å². The molecule has 1 aromatic heterocycles. The van der Waals surface area contributed by atoms with Crippen LogP contribution < -0.4 is 5.32 Å². The summed E-state index contributed by atoms with van der Waals surface area (Å²) in [6.07, 6.45) is 0. The van der Waals surface area contributed by atoms with Crippen LogP contribution >= 0.6 is 15.9 Å².